The third-order valence-electron chi connectivity index (χ3n) is 2.38. The third-order valence-corrected chi connectivity index (χ3v) is 3.26. The van der Waals surface area contributed by atoms with Gasteiger partial charge in [0.2, 0.25) is 5.91 Å². The summed E-state index contributed by atoms with van der Waals surface area (Å²) in [5.74, 6) is -0.294. The molecule has 6 nitrogen and oxygen atoms in total. The molecule has 0 aliphatic carbocycles. The number of anilines is 1. The number of benzene rings is 1. The van der Waals surface area contributed by atoms with E-state index in [1.807, 2.05) is 12.3 Å². The first-order chi connectivity index (χ1) is 9.54. The van der Waals surface area contributed by atoms with Crippen LogP contribution in [0.25, 0.3) is 6.08 Å². The van der Waals surface area contributed by atoms with Gasteiger partial charge in [0.1, 0.15) is 0 Å². The highest BCUT2D eigenvalue weighted by molar-refractivity contribution is 7.13. The number of carbonyl (C=O) groups excluding carboxylic acids is 1. The molecule has 1 aromatic heterocycles. The fourth-order valence-electron chi connectivity index (χ4n) is 1.44. The Hall–Kier alpha value is -2.54. The standard InChI is InChI=1S/C13H11N3O3S/c1-9-8-20-13(14-9)15-12(17)7-4-10-2-5-11(6-3-10)16(18)19/h2-8H,1H3,(H,14,15,17)/b7-4+. The lowest BCUT2D eigenvalue weighted by atomic mass is 10.2. The van der Waals surface area contributed by atoms with Crippen LogP contribution in [0.1, 0.15) is 11.3 Å². The van der Waals surface area contributed by atoms with Crippen molar-refractivity contribution in [2.45, 2.75) is 6.92 Å². The van der Waals surface area contributed by atoms with E-state index >= 15 is 0 Å². The Kier molecular flexibility index (Phi) is 4.21. The minimum Gasteiger partial charge on any atom is -0.298 e. The van der Waals surface area contributed by atoms with Crippen molar-refractivity contribution in [3.8, 4) is 0 Å². The summed E-state index contributed by atoms with van der Waals surface area (Å²) in [4.78, 5) is 25.8. The molecule has 1 aromatic carbocycles. The lowest BCUT2D eigenvalue weighted by Crippen LogP contribution is -2.07. The highest BCUT2D eigenvalue weighted by Gasteiger charge is 2.04. The molecule has 1 heterocycles. The molecule has 0 saturated heterocycles. The zero-order valence-electron chi connectivity index (χ0n) is 10.6. The van der Waals surface area contributed by atoms with E-state index < -0.39 is 4.92 Å². The minimum atomic E-state index is -0.467. The Morgan fingerprint density at radius 1 is 1.40 bits per heavy atom. The van der Waals surface area contributed by atoms with Crippen LogP contribution in [0.2, 0.25) is 0 Å². The maximum Gasteiger partial charge on any atom is 0.269 e. The molecule has 2 rings (SSSR count). The largest absolute Gasteiger partial charge is 0.298 e. The van der Waals surface area contributed by atoms with E-state index in [0.29, 0.717) is 10.7 Å². The van der Waals surface area contributed by atoms with Crippen molar-refractivity contribution in [2.75, 3.05) is 5.32 Å². The van der Waals surface area contributed by atoms with Crippen molar-refractivity contribution in [3.63, 3.8) is 0 Å². The van der Waals surface area contributed by atoms with Crippen molar-refractivity contribution < 1.29 is 9.72 Å². The number of nitrogens with zero attached hydrogens (tertiary/aromatic N) is 2. The second-order valence-electron chi connectivity index (χ2n) is 3.97. The number of carbonyl (C=O) groups is 1. The van der Waals surface area contributed by atoms with Crippen LogP contribution in [0, 0.1) is 17.0 Å². The quantitative estimate of drug-likeness (QED) is 0.532. The second kappa shape index (κ2) is 6.07. The molecule has 0 spiro atoms. The predicted molar refractivity (Wildman–Crippen MR) is 77.6 cm³/mol. The van der Waals surface area contributed by atoms with Crippen LogP contribution in [-0.4, -0.2) is 15.8 Å². The Morgan fingerprint density at radius 3 is 2.65 bits per heavy atom. The first-order valence-corrected chi connectivity index (χ1v) is 6.58. The lowest BCUT2D eigenvalue weighted by Gasteiger charge is -1.96. The molecule has 0 fully saturated rings. The van der Waals surface area contributed by atoms with Crippen LogP contribution in [0.5, 0.6) is 0 Å². The third kappa shape index (κ3) is 3.72. The molecule has 0 saturated carbocycles. The summed E-state index contributed by atoms with van der Waals surface area (Å²) >= 11 is 1.35. The fraction of sp³-hybridized carbons (Fsp3) is 0.0769. The Morgan fingerprint density at radius 2 is 2.10 bits per heavy atom. The molecule has 0 aliphatic rings. The van der Waals surface area contributed by atoms with Gasteiger partial charge in [0, 0.05) is 23.6 Å². The highest BCUT2D eigenvalue weighted by Crippen LogP contribution is 2.15. The zero-order valence-corrected chi connectivity index (χ0v) is 11.4. The highest BCUT2D eigenvalue weighted by atomic mass is 32.1. The van der Waals surface area contributed by atoms with Gasteiger partial charge in [0.05, 0.1) is 10.6 Å². The van der Waals surface area contributed by atoms with Gasteiger partial charge < -0.3 is 0 Å². The normalized spacial score (nSPS) is 10.7. The van der Waals surface area contributed by atoms with Crippen LogP contribution in [0.4, 0.5) is 10.8 Å². The summed E-state index contributed by atoms with van der Waals surface area (Å²) < 4.78 is 0. The van der Waals surface area contributed by atoms with Crippen LogP contribution in [0.15, 0.2) is 35.7 Å². The van der Waals surface area contributed by atoms with Crippen LogP contribution in [0.3, 0.4) is 0 Å². The van der Waals surface area contributed by atoms with Gasteiger partial charge in [-0.05, 0) is 30.7 Å². The molecule has 20 heavy (non-hydrogen) atoms. The topological polar surface area (TPSA) is 85.1 Å². The SMILES string of the molecule is Cc1csc(NC(=O)/C=C/c2ccc([N+](=O)[O-])cc2)n1. The van der Waals surface area contributed by atoms with Gasteiger partial charge in [-0.25, -0.2) is 4.98 Å². The molecule has 2 aromatic rings. The monoisotopic (exact) mass is 289 g/mol. The van der Waals surface area contributed by atoms with Crippen molar-refractivity contribution in [3.05, 3.63) is 57.1 Å². The van der Waals surface area contributed by atoms with Gasteiger partial charge in [-0.3, -0.25) is 20.2 Å². The molecule has 0 bridgehead atoms. The molecule has 7 heteroatoms. The number of nitro groups is 1. The van der Waals surface area contributed by atoms with E-state index in [0.717, 1.165) is 5.69 Å². The smallest absolute Gasteiger partial charge is 0.269 e. The van der Waals surface area contributed by atoms with Gasteiger partial charge in [0.25, 0.3) is 5.69 Å². The first kappa shape index (κ1) is 13.9. The molecule has 0 atom stereocenters. The molecule has 0 radical (unpaired) electrons. The molecular formula is C13H11N3O3S. The number of aryl methyl sites for hydroxylation is 1. The van der Waals surface area contributed by atoms with Crippen LogP contribution < -0.4 is 5.32 Å². The second-order valence-corrected chi connectivity index (χ2v) is 4.82. The van der Waals surface area contributed by atoms with Gasteiger partial charge in [-0.2, -0.15) is 0 Å². The van der Waals surface area contributed by atoms with E-state index in [-0.39, 0.29) is 11.6 Å². The van der Waals surface area contributed by atoms with E-state index in [9.17, 15) is 14.9 Å². The number of rotatable bonds is 4. The molecule has 0 aliphatic heterocycles. The lowest BCUT2D eigenvalue weighted by molar-refractivity contribution is -0.384. The number of nitrogens with one attached hydrogen (secondary N) is 1. The van der Waals surface area contributed by atoms with Crippen LogP contribution >= 0.6 is 11.3 Å². The summed E-state index contributed by atoms with van der Waals surface area (Å²) in [5, 5.41) is 15.5. The van der Waals surface area contributed by atoms with Gasteiger partial charge >= 0.3 is 0 Å². The number of hydrogen-bond donors (Lipinski definition) is 1. The zero-order chi connectivity index (χ0) is 14.5. The number of non-ortho nitro benzene ring substituents is 1. The Bertz CT molecular complexity index is 662. The first-order valence-electron chi connectivity index (χ1n) is 5.70. The molecule has 1 N–H and O–H groups in total. The minimum absolute atomic E-state index is 0.0184. The number of hydrogen-bond acceptors (Lipinski definition) is 5. The average Bonchev–Trinajstić information content (AvgIpc) is 2.82. The van der Waals surface area contributed by atoms with E-state index in [1.165, 1.54) is 29.5 Å². The average molecular weight is 289 g/mol. The maximum absolute atomic E-state index is 11.6. The number of thiazole rings is 1. The van der Waals surface area contributed by atoms with Crippen molar-refractivity contribution >= 4 is 34.1 Å². The summed E-state index contributed by atoms with van der Waals surface area (Å²) in [6.07, 6.45) is 2.94. The summed E-state index contributed by atoms with van der Waals surface area (Å²) in [7, 11) is 0. The van der Waals surface area contributed by atoms with Gasteiger partial charge in [0.15, 0.2) is 5.13 Å². The van der Waals surface area contributed by atoms with Gasteiger partial charge in [-0.1, -0.05) is 0 Å². The summed E-state index contributed by atoms with van der Waals surface area (Å²) in [5.41, 5.74) is 1.58. The fourth-order valence-corrected chi connectivity index (χ4v) is 2.13. The Labute approximate surface area is 118 Å². The van der Waals surface area contributed by atoms with Crippen LogP contribution in [-0.2, 0) is 4.79 Å². The van der Waals surface area contributed by atoms with Gasteiger partial charge in [-0.15, -0.1) is 11.3 Å². The maximum atomic E-state index is 11.6. The van der Waals surface area contributed by atoms with E-state index in [2.05, 4.69) is 10.3 Å². The van der Waals surface area contributed by atoms with E-state index in [1.54, 1.807) is 18.2 Å². The number of aromatic nitrogens is 1. The predicted octanol–water partition coefficient (Wildman–Crippen LogP) is 3.01. The Balaban J connectivity index is 1.98. The van der Waals surface area contributed by atoms with Crippen molar-refractivity contribution in [1.82, 2.24) is 4.98 Å². The summed E-state index contributed by atoms with van der Waals surface area (Å²) in [6, 6.07) is 5.94. The molecule has 0 unspecified atom stereocenters. The van der Waals surface area contributed by atoms with Crippen molar-refractivity contribution in [1.29, 1.82) is 0 Å². The molecule has 102 valence electrons. The molecule has 1 amide bonds. The molecular weight excluding hydrogens is 278 g/mol. The number of nitro benzene ring substituents is 1. The summed E-state index contributed by atoms with van der Waals surface area (Å²) in [6.45, 7) is 1.85. The number of amides is 1. The van der Waals surface area contributed by atoms with E-state index in [4.69, 9.17) is 0 Å². The van der Waals surface area contributed by atoms with Crippen molar-refractivity contribution in [2.24, 2.45) is 0 Å².